The molecule has 4 aromatic rings. The van der Waals surface area contributed by atoms with Gasteiger partial charge in [0.1, 0.15) is 27.7 Å². The molecule has 0 radical (unpaired) electrons. The minimum atomic E-state index is -2.85. The number of halogens is 3. The van der Waals surface area contributed by atoms with Crippen LogP contribution in [0.1, 0.15) is 33.2 Å². The molecule has 0 aliphatic rings. The minimum absolute atomic E-state index is 0.0218. The summed E-state index contributed by atoms with van der Waals surface area (Å²) >= 11 is 6.95. The molecule has 4 heterocycles. The van der Waals surface area contributed by atoms with Gasteiger partial charge in [0.15, 0.2) is 0 Å². The van der Waals surface area contributed by atoms with Crippen molar-refractivity contribution < 1.29 is 22.8 Å². The lowest BCUT2D eigenvalue weighted by molar-refractivity contribution is -0.116. The number of rotatable bonds is 6. The number of primary amides is 1. The summed E-state index contributed by atoms with van der Waals surface area (Å²) in [5.74, 6) is -1.08. The molecular weight excluding hydrogens is 464 g/mol. The Bertz CT molecular complexity index is 1350. The second-order valence-electron chi connectivity index (χ2n) is 6.91. The zero-order valence-corrected chi connectivity index (χ0v) is 18.4. The largest absolute Gasteiger partial charge is 0.464 e. The minimum Gasteiger partial charge on any atom is -0.464 e. The van der Waals surface area contributed by atoms with Crippen molar-refractivity contribution in [2.24, 2.45) is 5.73 Å². The summed E-state index contributed by atoms with van der Waals surface area (Å²) < 4.78 is 33.7. The van der Waals surface area contributed by atoms with Gasteiger partial charge in [0.2, 0.25) is 5.91 Å². The van der Waals surface area contributed by atoms with Crippen molar-refractivity contribution in [1.82, 2.24) is 14.8 Å². The number of hydrogen-bond acceptors (Lipinski definition) is 6. The lowest BCUT2D eigenvalue weighted by Crippen LogP contribution is -2.22. The van der Waals surface area contributed by atoms with Gasteiger partial charge in [-0.05, 0) is 32.0 Å². The highest BCUT2D eigenvalue weighted by Gasteiger charge is 2.26. The van der Waals surface area contributed by atoms with Gasteiger partial charge in [0.25, 0.3) is 12.3 Å². The molecule has 3 N–H and O–H groups in total. The molecule has 0 saturated carbocycles. The number of aromatic nitrogens is 3. The van der Waals surface area contributed by atoms with Crippen molar-refractivity contribution >= 4 is 50.7 Å². The third-order valence-electron chi connectivity index (χ3n) is 4.77. The van der Waals surface area contributed by atoms with E-state index in [1.54, 1.807) is 26.0 Å². The second-order valence-corrected chi connectivity index (χ2v) is 8.29. The van der Waals surface area contributed by atoms with E-state index in [0.717, 1.165) is 11.3 Å². The van der Waals surface area contributed by atoms with Gasteiger partial charge in [-0.25, -0.2) is 13.8 Å². The number of nitrogens with two attached hydrogens (primary N) is 1. The van der Waals surface area contributed by atoms with Crippen molar-refractivity contribution in [3.63, 3.8) is 0 Å². The van der Waals surface area contributed by atoms with Crippen LogP contribution in [-0.2, 0) is 11.3 Å². The van der Waals surface area contributed by atoms with Gasteiger partial charge < -0.3 is 15.5 Å². The molecule has 8 nitrogen and oxygen atoms in total. The molecular formula is C20H16ClF2N5O3S. The Balaban J connectivity index is 1.84. The molecule has 0 atom stereocenters. The summed E-state index contributed by atoms with van der Waals surface area (Å²) in [7, 11) is 0. The first kappa shape index (κ1) is 21.9. The summed E-state index contributed by atoms with van der Waals surface area (Å²) in [5.41, 5.74) is 6.52. The third kappa shape index (κ3) is 3.84. The number of amides is 2. The first-order valence-corrected chi connectivity index (χ1v) is 10.5. The molecule has 0 aliphatic carbocycles. The van der Waals surface area contributed by atoms with Crippen LogP contribution in [0.2, 0.25) is 5.02 Å². The van der Waals surface area contributed by atoms with Gasteiger partial charge in [-0.2, -0.15) is 5.10 Å². The number of furan rings is 1. The normalized spacial score (nSPS) is 11.4. The highest BCUT2D eigenvalue weighted by molar-refractivity contribution is 7.21. The van der Waals surface area contributed by atoms with Crippen molar-refractivity contribution in [2.75, 3.05) is 5.32 Å². The maximum Gasteiger partial charge on any atom is 0.280 e. The number of anilines is 1. The number of carbonyl (C=O) groups excluding carboxylic acids is 2. The number of nitrogens with zero attached hydrogens (tertiary/aromatic N) is 3. The number of aryl methyl sites for hydroxylation is 1. The van der Waals surface area contributed by atoms with Crippen LogP contribution in [0.4, 0.5) is 14.5 Å². The van der Waals surface area contributed by atoms with Crippen LogP contribution < -0.4 is 11.1 Å². The summed E-state index contributed by atoms with van der Waals surface area (Å²) in [6, 6.07) is 4.34. The highest BCUT2D eigenvalue weighted by atomic mass is 35.5. The van der Waals surface area contributed by atoms with Gasteiger partial charge in [-0.3, -0.25) is 14.3 Å². The van der Waals surface area contributed by atoms with Gasteiger partial charge >= 0.3 is 0 Å². The zero-order valence-electron chi connectivity index (χ0n) is 16.8. The van der Waals surface area contributed by atoms with Crippen molar-refractivity contribution in [1.29, 1.82) is 0 Å². The van der Waals surface area contributed by atoms with E-state index in [4.69, 9.17) is 21.8 Å². The molecule has 0 spiro atoms. The fourth-order valence-electron chi connectivity index (χ4n) is 3.29. The van der Waals surface area contributed by atoms with Crippen LogP contribution in [-0.4, -0.2) is 26.6 Å². The second kappa shape index (κ2) is 8.32. The van der Waals surface area contributed by atoms with Crippen molar-refractivity contribution in [3.05, 3.63) is 51.4 Å². The predicted octanol–water partition coefficient (Wildman–Crippen LogP) is 4.70. The van der Waals surface area contributed by atoms with Crippen LogP contribution in [0.15, 0.2) is 28.9 Å². The van der Waals surface area contributed by atoms with Crippen LogP contribution in [0, 0.1) is 13.8 Å². The van der Waals surface area contributed by atoms with Crippen LogP contribution in [0.25, 0.3) is 21.5 Å². The average molecular weight is 480 g/mol. The first-order chi connectivity index (χ1) is 15.2. The van der Waals surface area contributed by atoms with E-state index < -0.39 is 23.9 Å². The summed E-state index contributed by atoms with van der Waals surface area (Å²) in [4.78, 5) is 29.0. The van der Waals surface area contributed by atoms with Crippen LogP contribution in [0.3, 0.4) is 0 Å². The van der Waals surface area contributed by atoms with E-state index in [0.29, 0.717) is 16.4 Å². The number of fused-ring (bicyclic) bond motifs is 1. The Kier molecular flexibility index (Phi) is 5.70. The van der Waals surface area contributed by atoms with Gasteiger partial charge in [0, 0.05) is 10.9 Å². The lowest BCUT2D eigenvalue weighted by atomic mass is 10.1. The zero-order chi connectivity index (χ0) is 23.2. The van der Waals surface area contributed by atoms with Crippen molar-refractivity contribution in [3.8, 4) is 11.3 Å². The third-order valence-corrected chi connectivity index (χ3v) is 6.41. The quantitative estimate of drug-likeness (QED) is 0.416. The first-order valence-electron chi connectivity index (χ1n) is 9.26. The topological polar surface area (TPSA) is 116 Å². The molecule has 4 aromatic heterocycles. The summed E-state index contributed by atoms with van der Waals surface area (Å²) in [6.45, 7) is 3.24. The maximum absolute atomic E-state index is 13.4. The predicted molar refractivity (Wildman–Crippen MR) is 116 cm³/mol. The molecule has 166 valence electrons. The van der Waals surface area contributed by atoms with Crippen LogP contribution in [0.5, 0.6) is 0 Å². The van der Waals surface area contributed by atoms with Crippen LogP contribution >= 0.6 is 22.9 Å². The van der Waals surface area contributed by atoms with Gasteiger partial charge in [0.05, 0.1) is 28.4 Å². The summed E-state index contributed by atoms with van der Waals surface area (Å²) in [6.07, 6.45) is -1.46. The molecule has 0 aliphatic heterocycles. The van der Waals surface area contributed by atoms with Crippen molar-refractivity contribution in [2.45, 2.75) is 26.8 Å². The molecule has 2 amide bonds. The lowest BCUT2D eigenvalue weighted by Gasteiger charge is -2.10. The van der Waals surface area contributed by atoms with E-state index in [1.165, 1.54) is 17.0 Å². The van der Waals surface area contributed by atoms with E-state index in [2.05, 4.69) is 15.4 Å². The smallest absolute Gasteiger partial charge is 0.280 e. The Hall–Kier alpha value is -3.31. The molecule has 0 saturated heterocycles. The fraction of sp³-hybridized carbons (Fsp3) is 0.200. The Labute approximate surface area is 189 Å². The Morgan fingerprint density at radius 2 is 2.12 bits per heavy atom. The number of pyridine rings is 1. The van der Waals surface area contributed by atoms with E-state index in [9.17, 15) is 18.4 Å². The Morgan fingerprint density at radius 3 is 2.69 bits per heavy atom. The van der Waals surface area contributed by atoms with E-state index >= 15 is 0 Å². The fourth-order valence-corrected chi connectivity index (χ4v) is 4.44. The molecule has 0 unspecified atom stereocenters. The number of thiophene rings is 1. The van der Waals surface area contributed by atoms with Gasteiger partial charge in [-0.15, -0.1) is 11.3 Å². The standard InChI is InChI=1S/C20H16ClF2N5O3S/c1-8-15(21)9(2)28(27-8)7-13(29)26-16-14-10(12-4-3-5-31-12)6-11(18(22)23)25-20(14)32-17(16)19(24)30/h3-6,18H,7H2,1-2H3,(H2,24,30)(H,26,29). The van der Waals surface area contributed by atoms with E-state index in [-0.39, 0.29) is 38.6 Å². The number of hydrogen-bond donors (Lipinski definition) is 2. The molecule has 32 heavy (non-hydrogen) atoms. The average Bonchev–Trinajstić information content (AvgIpc) is 3.44. The summed E-state index contributed by atoms with van der Waals surface area (Å²) in [5, 5.41) is 7.61. The van der Waals surface area contributed by atoms with E-state index in [1.807, 2.05) is 0 Å². The Morgan fingerprint density at radius 1 is 1.38 bits per heavy atom. The molecule has 0 fully saturated rings. The molecule has 4 rings (SSSR count). The monoisotopic (exact) mass is 479 g/mol. The van der Waals surface area contributed by atoms with Gasteiger partial charge in [-0.1, -0.05) is 11.6 Å². The molecule has 0 aromatic carbocycles. The number of nitrogens with one attached hydrogen (secondary N) is 1. The molecule has 0 bridgehead atoms. The highest BCUT2D eigenvalue weighted by Crippen LogP contribution is 2.42. The number of carbonyl (C=O) groups is 2. The SMILES string of the molecule is Cc1nn(CC(=O)Nc2c(C(N)=O)sc3nc(C(F)F)cc(-c4ccco4)c23)c(C)c1Cl. The maximum atomic E-state index is 13.4. The molecule has 12 heteroatoms. The number of alkyl halides is 2.